The molecule has 16 nitrogen and oxygen atoms in total. The topological polar surface area (TPSA) is 247 Å². The number of nitrogen functional groups attached to an aromatic ring is 1. The summed E-state index contributed by atoms with van der Waals surface area (Å²) in [5, 5.41) is 37.6. The molecule has 0 amide bonds. The first-order valence-corrected chi connectivity index (χ1v) is 13.3. The summed E-state index contributed by atoms with van der Waals surface area (Å²) in [6.07, 6.45) is -1.44. The lowest BCUT2D eigenvalue weighted by atomic mass is 10.1. The van der Waals surface area contributed by atoms with Gasteiger partial charge in [-0.25, -0.2) is 15.0 Å². The van der Waals surface area contributed by atoms with Crippen molar-refractivity contribution in [2.45, 2.75) is 49.8 Å². The van der Waals surface area contributed by atoms with E-state index in [1.165, 1.54) is 6.33 Å². The summed E-state index contributed by atoms with van der Waals surface area (Å²) in [7, 11) is 0. The molecule has 0 spiro atoms. The number of ether oxygens (including phenoxy) is 1. The molecule has 2 aromatic heterocycles. The number of halogens is 1. The number of imidazole rings is 1. The number of fused-ring (bicyclic) bond motifs is 1. The number of aliphatic hydroxyl groups excluding tert-OH is 2. The van der Waals surface area contributed by atoms with Crippen LogP contribution < -0.4 is 16.8 Å². The van der Waals surface area contributed by atoms with Gasteiger partial charge in [0.15, 0.2) is 23.2 Å². The fourth-order valence-electron chi connectivity index (χ4n) is 4.05. The molecule has 0 aromatic carbocycles. The summed E-state index contributed by atoms with van der Waals surface area (Å²) < 4.78 is 8.47. The number of alkyl halides is 1. The first kappa shape index (κ1) is 29.0. The third kappa shape index (κ3) is 7.28. The SMILES string of the molecule is [N-]=[N+]=NCCCCNc1nc2c(N)ncnc2n1[C@@H]1O[C@H](CN(CCI)CC[C@H](N)C(=O)O)[C@@H](O)[C@H]1O. The number of aliphatic carboxylic acids is 1. The average molecular weight is 633 g/mol. The molecule has 0 aliphatic carbocycles. The molecular formula is C20H32IN11O5. The number of nitrogens with one attached hydrogen (secondary N) is 1. The van der Waals surface area contributed by atoms with Gasteiger partial charge in [0.2, 0.25) is 5.95 Å². The Hall–Kier alpha value is -2.54. The van der Waals surface area contributed by atoms with Gasteiger partial charge in [-0.1, -0.05) is 27.7 Å². The minimum absolute atomic E-state index is 0.155. The lowest BCUT2D eigenvalue weighted by Gasteiger charge is -2.26. The van der Waals surface area contributed by atoms with Crippen molar-refractivity contribution in [3.8, 4) is 0 Å². The molecule has 0 unspecified atom stereocenters. The zero-order chi connectivity index (χ0) is 26.9. The van der Waals surface area contributed by atoms with E-state index < -0.39 is 36.6 Å². The van der Waals surface area contributed by atoms with Crippen molar-refractivity contribution in [2.24, 2.45) is 10.8 Å². The number of nitrogens with two attached hydrogens (primary N) is 2. The van der Waals surface area contributed by atoms with Crippen molar-refractivity contribution >= 4 is 51.5 Å². The standard InChI is InChI=1S/C20H32IN11O5/c21-4-8-31(7-3-11(22)19(35)36)9-12-14(33)15(34)18(37-12)32-17-13(16(23)26-10-27-17)29-20(32)25-5-1-2-6-28-30-24/h10-12,14-15,18,33-34H,1-9,22H2,(H,25,29)(H,35,36)(H2,23,26,27)/t11-,12+,14+,15+,18+/m0/s1. The highest BCUT2D eigenvalue weighted by atomic mass is 127. The van der Waals surface area contributed by atoms with E-state index in [0.717, 1.165) is 4.43 Å². The Labute approximate surface area is 226 Å². The molecule has 37 heavy (non-hydrogen) atoms. The van der Waals surface area contributed by atoms with Gasteiger partial charge in [0.25, 0.3) is 0 Å². The van der Waals surface area contributed by atoms with Gasteiger partial charge < -0.3 is 36.8 Å². The summed E-state index contributed by atoms with van der Waals surface area (Å²) in [4.78, 5) is 28.5. The summed E-state index contributed by atoms with van der Waals surface area (Å²) in [6.45, 7) is 2.14. The fourth-order valence-corrected chi connectivity index (χ4v) is 4.73. The van der Waals surface area contributed by atoms with Crippen LogP contribution in [0.25, 0.3) is 21.6 Å². The van der Waals surface area contributed by atoms with Crippen LogP contribution in [-0.4, -0.2) is 107 Å². The monoisotopic (exact) mass is 633 g/mol. The first-order chi connectivity index (χ1) is 17.8. The molecule has 3 rings (SSSR count). The molecule has 8 N–H and O–H groups in total. The van der Waals surface area contributed by atoms with E-state index in [1.807, 2.05) is 4.90 Å². The summed E-state index contributed by atoms with van der Waals surface area (Å²) in [5.41, 5.74) is 20.7. The van der Waals surface area contributed by atoms with Crippen molar-refractivity contribution in [1.82, 2.24) is 24.4 Å². The maximum Gasteiger partial charge on any atom is 0.320 e. The van der Waals surface area contributed by atoms with Crippen molar-refractivity contribution in [2.75, 3.05) is 48.2 Å². The molecule has 204 valence electrons. The van der Waals surface area contributed by atoms with Gasteiger partial charge in [-0.15, -0.1) is 0 Å². The van der Waals surface area contributed by atoms with Crippen LogP contribution in [0.1, 0.15) is 25.5 Å². The van der Waals surface area contributed by atoms with E-state index in [2.05, 4.69) is 52.9 Å². The highest BCUT2D eigenvalue weighted by Gasteiger charge is 2.45. The predicted molar refractivity (Wildman–Crippen MR) is 143 cm³/mol. The second-order valence-electron chi connectivity index (χ2n) is 8.59. The highest BCUT2D eigenvalue weighted by molar-refractivity contribution is 14.1. The number of unbranched alkanes of at least 4 members (excludes halogenated alkanes) is 1. The van der Waals surface area contributed by atoms with Crippen molar-refractivity contribution in [3.63, 3.8) is 0 Å². The molecule has 1 aliphatic heterocycles. The van der Waals surface area contributed by atoms with E-state index in [0.29, 0.717) is 56.1 Å². The Balaban J connectivity index is 1.79. The van der Waals surface area contributed by atoms with Crippen LogP contribution in [0, 0.1) is 0 Å². The third-order valence-electron chi connectivity index (χ3n) is 6.04. The zero-order valence-corrected chi connectivity index (χ0v) is 22.3. The van der Waals surface area contributed by atoms with E-state index in [9.17, 15) is 15.0 Å². The average Bonchev–Trinajstić information content (AvgIpc) is 3.37. The largest absolute Gasteiger partial charge is 0.480 e. The molecule has 1 aliphatic rings. The second kappa shape index (κ2) is 13.8. The van der Waals surface area contributed by atoms with Gasteiger partial charge >= 0.3 is 5.97 Å². The molecular weight excluding hydrogens is 601 g/mol. The summed E-state index contributed by atoms with van der Waals surface area (Å²) in [5.74, 6) is -0.588. The number of aliphatic hydroxyl groups is 2. The number of carboxylic acids is 1. The fraction of sp³-hybridized carbons (Fsp3) is 0.700. The quantitative estimate of drug-likeness (QED) is 0.0381. The van der Waals surface area contributed by atoms with E-state index in [1.54, 1.807) is 4.57 Å². The summed E-state index contributed by atoms with van der Waals surface area (Å²) >= 11 is 2.21. The Morgan fingerprint density at radius 2 is 2.14 bits per heavy atom. The number of rotatable bonds is 15. The number of aromatic nitrogens is 4. The molecule has 1 fully saturated rings. The molecule has 0 bridgehead atoms. The molecule has 17 heteroatoms. The number of carboxylic acid groups (broad SMARTS) is 1. The number of azide groups is 1. The van der Waals surface area contributed by atoms with Crippen molar-refractivity contribution in [1.29, 1.82) is 0 Å². The minimum Gasteiger partial charge on any atom is -0.480 e. The van der Waals surface area contributed by atoms with Gasteiger partial charge in [-0.05, 0) is 24.8 Å². The van der Waals surface area contributed by atoms with Crippen LogP contribution in [-0.2, 0) is 9.53 Å². The smallest absolute Gasteiger partial charge is 0.320 e. The van der Waals surface area contributed by atoms with Crippen LogP contribution in [0.4, 0.5) is 11.8 Å². The molecule has 0 radical (unpaired) electrons. The van der Waals surface area contributed by atoms with Gasteiger partial charge in [0.05, 0.1) is 0 Å². The number of carbonyl (C=O) groups is 1. The molecule has 0 saturated carbocycles. The van der Waals surface area contributed by atoms with Crippen LogP contribution in [0.5, 0.6) is 0 Å². The van der Waals surface area contributed by atoms with Crippen LogP contribution in [0.15, 0.2) is 11.4 Å². The summed E-state index contributed by atoms with van der Waals surface area (Å²) in [6, 6.07) is -0.993. The van der Waals surface area contributed by atoms with Gasteiger partial charge in [-0.2, -0.15) is 0 Å². The van der Waals surface area contributed by atoms with E-state index in [4.69, 9.17) is 26.8 Å². The van der Waals surface area contributed by atoms with Gasteiger partial charge in [0.1, 0.15) is 30.7 Å². The molecule has 3 heterocycles. The lowest BCUT2D eigenvalue weighted by molar-refractivity contribution is -0.138. The lowest BCUT2D eigenvalue weighted by Crippen LogP contribution is -2.43. The normalized spacial score (nSPS) is 22.3. The van der Waals surface area contributed by atoms with Gasteiger partial charge in [-0.3, -0.25) is 14.3 Å². The number of hydrogen-bond acceptors (Lipinski definition) is 12. The number of anilines is 2. The number of hydrogen-bond donors (Lipinski definition) is 6. The molecule has 1 saturated heterocycles. The molecule has 2 aromatic rings. The van der Waals surface area contributed by atoms with Gasteiger partial charge in [0, 0.05) is 42.1 Å². The third-order valence-corrected chi connectivity index (χ3v) is 6.52. The Kier molecular flexibility index (Phi) is 10.9. The maximum absolute atomic E-state index is 11.1. The zero-order valence-electron chi connectivity index (χ0n) is 20.1. The highest BCUT2D eigenvalue weighted by Crippen LogP contribution is 2.35. The maximum atomic E-state index is 11.1. The number of nitrogens with zero attached hydrogens (tertiary/aromatic N) is 8. The van der Waals surface area contributed by atoms with E-state index >= 15 is 0 Å². The minimum atomic E-state index is -1.30. The molecule has 5 atom stereocenters. The Morgan fingerprint density at radius 3 is 2.84 bits per heavy atom. The Morgan fingerprint density at radius 1 is 1.35 bits per heavy atom. The van der Waals surface area contributed by atoms with Crippen LogP contribution in [0.3, 0.4) is 0 Å². The predicted octanol–water partition coefficient (Wildman–Crippen LogP) is 0.0691. The van der Waals surface area contributed by atoms with Crippen molar-refractivity contribution < 1.29 is 24.9 Å². The van der Waals surface area contributed by atoms with E-state index in [-0.39, 0.29) is 18.8 Å². The Bertz CT molecular complexity index is 1100. The van der Waals surface area contributed by atoms with Crippen LogP contribution in [0.2, 0.25) is 0 Å². The second-order valence-corrected chi connectivity index (χ2v) is 9.67. The van der Waals surface area contributed by atoms with Crippen LogP contribution >= 0.6 is 22.6 Å². The van der Waals surface area contributed by atoms with Crippen molar-refractivity contribution in [3.05, 3.63) is 16.8 Å². The first-order valence-electron chi connectivity index (χ1n) is 11.8.